The van der Waals surface area contributed by atoms with Gasteiger partial charge in [0.2, 0.25) is 15.9 Å². The van der Waals surface area contributed by atoms with Gasteiger partial charge in [0, 0.05) is 36.7 Å². The first-order chi connectivity index (χ1) is 13.1. The van der Waals surface area contributed by atoms with E-state index in [9.17, 15) is 13.2 Å². The molecule has 3 rings (SSSR count). The second-order valence-corrected chi connectivity index (χ2v) is 10.1. The smallest absolute Gasteiger partial charge is 0.246 e. The van der Waals surface area contributed by atoms with Gasteiger partial charge in [0.15, 0.2) is 5.82 Å². The van der Waals surface area contributed by atoms with Crippen LogP contribution >= 0.6 is 11.6 Å². The number of aromatic nitrogens is 2. The number of amides is 1. The lowest BCUT2D eigenvalue weighted by atomic mass is 9.93. The lowest BCUT2D eigenvalue weighted by Gasteiger charge is -2.30. The molecule has 0 spiro atoms. The fourth-order valence-electron chi connectivity index (χ4n) is 2.98. The average Bonchev–Trinajstić information content (AvgIpc) is 3.11. The van der Waals surface area contributed by atoms with Crippen LogP contribution in [0.2, 0.25) is 5.15 Å². The maximum Gasteiger partial charge on any atom is 0.246 e. The minimum atomic E-state index is -3.73. The van der Waals surface area contributed by atoms with Crippen LogP contribution in [0.1, 0.15) is 39.4 Å². The first kappa shape index (κ1) is 20.8. The highest BCUT2D eigenvalue weighted by atomic mass is 35.5. The summed E-state index contributed by atoms with van der Waals surface area (Å²) in [4.78, 5) is 16.3. The number of nitrogens with one attached hydrogen (secondary N) is 1. The molecular weight excluding hydrogens is 404 g/mol. The first-order valence-electron chi connectivity index (χ1n) is 8.98. The fraction of sp³-hybridized carbons (Fsp3) is 0.500. The van der Waals surface area contributed by atoms with Crippen molar-refractivity contribution in [2.75, 3.05) is 18.4 Å². The summed E-state index contributed by atoms with van der Waals surface area (Å²) in [5, 5.41) is 6.59. The number of piperidine rings is 1. The Balaban J connectivity index is 1.61. The van der Waals surface area contributed by atoms with E-state index in [1.54, 1.807) is 6.07 Å². The third kappa shape index (κ3) is 4.37. The van der Waals surface area contributed by atoms with Crippen LogP contribution in [0.5, 0.6) is 0 Å². The average molecular weight is 427 g/mol. The summed E-state index contributed by atoms with van der Waals surface area (Å²) in [6, 6.07) is 4.67. The Morgan fingerprint density at radius 1 is 1.32 bits per heavy atom. The number of rotatable bonds is 4. The van der Waals surface area contributed by atoms with Crippen molar-refractivity contribution < 1.29 is 17.7 Å². The zero-order valence-electron chi connectivity index (χ0n) is 16.0. The third-order valence-electron chi connectivity index (χ3n) is 4.67. The number of halogens is 1. The van der Waals surface area contributed by atoms with Crippen molar-refractivity contribution in [1.29, 1.82) is 0 Å². The molecule has 1 saturated heterocycles. The zero-order chi connectivity index (χ0) is 20.5. The Hall–Kier alpha value is -1.97. The van der Waals surface area contributed by atoms with Crippen LogP contribution in [0, 0.1) is 5.92 Å². The van der Waals surface area contributed by atoms with Gasteiger partial charge in [0.05, 0.1) is 0 Å². The van der Waals surface area contributed by atoms with E-state index in [1.165, 1.54) is 22.6 Å². The van der Waals surface area contributed by atoms with Crippen molar-refractivity contribution in [3.8, 4) is 0 Å². The van der Waals surface area contributed by atoms with Gasteiger partial charge in [-0.25, -0.2) is 13.4 Å². The van der Waals surface area contributed by atoms with Gasteiger partial charge in [-0.05, 0) is 25.0 Å². The Morgan fingerprint density at radius 2 is 2.00 bits per heavy atom. The molecule has 0 atom stereocenters. The molecule has 3 heterocycles. The minimum Gasteiger partial charge on any atom is -0.359 e. The monoisotopic (exact) mass is 426 g/mol. The lowest BCUT2D eigenvalue weighted by molar-refractivity contribution is -0.120. The Kier molecular flexibility index (Phi) is 5.79. The van der Waals surface area contributed by atoms with Crippen molar-refractivity contribution in [3.63, 3.8) is 0 Å². The molecule has 0 aliphatic carbocycles. The summed E-state index contributed by atoms with van der Waals surface area (Å²) in [7, 11) is -3.73. The third-order valence-corrected chi connectivity index (χ3v) is 7.01. The van der Waals surface area contributed by atoms with Crippen LogP contribution in [-0.2, 0) is 20.2 Å². The molecule has 28 heavy (non-hydrogen) atoms. The summed E-state index contributed by atoms with van der Waals surface area (Å²) in [6.45, 7) is 6.44. The summed E-state index contributed by atoms with van der Waals surface area (Å²) in [5.41, 5.74) is -0.205. The number of carbonyl (C=O) groups is 1. The Bertz CT molecular complexity index is 960. The van der Waals surface area contributed by atoms with E-state index in [1.807, 2.05) is 20.8 Å². The van der Waals surface area contributed by atoms with Crippen molar-refractivity contribution in [1.82, 2.24) is 14.4 Å². The largest absolute Gasteiger partial charge is 0.359 e. The standard InChI is InChI=1S/C18H23ClN4O4S/c1-18(2,3)14-11-15(22-27-14)21-17(24)12-6-9-23(10-7-12)28(25,26)13-5-4-8-20-16(13)19/h4-5,8,11-12H,6-7,9-10H2,1-3H3,(H,21,22,24). The van der Waals surface area contributed by atoms with E-state index >= 15 is 0 Å². The molecule has 2 aromatic rings. The molecule has 10 heteroatoms. The van der Waals surface area contributed by atoms with Crippen LogP contribution in [0.25, 0.3) is 0 Å². The maximum atomic E-state index is 12.8. The highest BCUT2D eigenvalue weighted by Gasteiger charge is 2.33. The maximum absolute atomic E-state index is 12.8. The molecule has 0 unspecified atom stereocenters. The second kappa shape index (κ2) is 7.81. The van der Waals surface area contributed by atoms with E-state index in [2.05, 4.69) is 15.5 Å². The number of hydrogen-bond donors (Lipinski definition) is 1. The van der Waals surface area contributed by atoms with Gasteiger partial charge < -0.3 is 9.84 Å². The highest BCUT2D eigenvalue weighted by molar-refractivity contribution is 7.89. The number of sulfonamides is 1. The first-order valence-corrected chi connectivity index (χ1v) is 10.8. The van der Waals surface area contributed by atoms with Gasteiger partial charge in [-0.3, -0.25) is 4.79 Å². The summed E-state index contributed by atoms with van der Waals surface area (Å²) in [5.74, 6) is 0.556. The number of anilines is 1. The molecular formula is C18H23ClN4O4S. The quantitative estimate of drug-likeness (QED) is 0.753. The van der Waals surface area contributed by atoms with Crippen molar-refractivity contribution in [2.45, 2.75) is 43.9 Å². The molecule has 152 valence electrons. The number of carbonyl (C=O) groups excluding carboxylic acids is 1. The van der Waals surface area contributed by atoms with E-state index in [4.69, 9.17) is 16.1 Å². The van der Waals surface area contributed by atoms with Crippen molar-refractivity contribution in [2.24, 2.45) is 5.92 Å². The van der Waals surface area contributed by atoms with E-state index in [-0.39, 0.29) is 40.4 Å². The predicted molar refractivity (Wildman–Crippen MR) is 105 cm³/mol. The molecule has 1 aliphatic heterocycles. The molecule has 1 fully saturated rings. The SMILES string of the molecule is CC(C)(C)c1cc(NC(=O)C2CCN(S(=O)(=O)c3cccnc3Cl)CC2)no1. The van der Waals surface area contributed by atoms with Gasteiger partial charge in [-0.15, -0.1) is 0 Å². The normalized spacial score (nSPS) is 16.9. The van der Waals surface area contributed by atoms with Crippen LogP contribution < -0.4 is 5.32 Å². The van der Waals surface area contributed by atoms with Crippen LogP contribution in [-0.4, -0.2) is 41.9 Å². The predicted octanol–water partition coefficient (Wildman–Crippen LogP) is 3.06. The molecule has 1 amide bonds. The summed E-state index contributed by atoms with van der Waals surface area (Å²) >= 11 is 5.93. The zero-order valence-corrected chi connectivity index (χ0v) is 17.5. The van der Waals surface area contributed by atoms with Crippen LogP contribution in [0.4, 0.5) is 5.82 Å². The lowest BCUT2D eigenvalue weighted by Crippen LogP contribution is -2.41. The molecule has 0 bridgehead atoms. The molecule has 0 aromatic carbocycles. The number of nitrogens with zero attached hydrogens (tertiary/aromatic N) is 3. The fourth-order valence-corrected chi connectivity index (χ4v) is 4.87. The molecule has 8 nitrogen and oxygen atoms in total. The molecule has 1 N–H and O–H groups in total. The van der Waals surface area contributed by atoms with E-state index in [0.29, 0.717) is 24.4 Å². The topological polar surface area (TPSA) is 105 Å². The van der Waals surface area contributed by atoms with Crippen LogP contribution in [0.15, 0.2) is 33.8 Å². The Morgan fingerprint density at radius 3 is 2.57 bits per heavy atom. The van der Waals surface area contributed by atoms with Gasteiger partial charge in [-0.2, -0.15) is 4.31 Å². The Labute approximate surface area is 169 Å². The van der Waals surface area contributed by atoms with Gasteiger partial charge in [-0.1, -0.05) is 37.5 Å². The van der Waals surface area contributed by atoms with Gasteiger partial charge in [0.25, 0.3) is 0 Å². The second-order valence-electron chi connectivity index (χ2n) is 7.79. The summed E-state index contributed by atoms with van der Waals surface area (Å²) in [6.07, 6.45) is 2.26. The molecule has 0 radical (unpaired) electrons. The number of pyridine rings is 1. The minimum absolute atomic E-state index is 0.0168. The summed E-state index contributed by atoms with van der Waals surface area (Å²) < 4.78 is 32.1. The van der Waals surface area contributed by atoms with Gasteiger partial charge >= 0.3 is 0 Å². The van der Waals surface area contributed by atoms with Gasteiger partial charge in [0.1, 0.15) is 15.8 Å². The number of hydrogen-bond acceptors (Lipinski definition) is 6. The highest BCUT2D eigenvalue weighted by Crippen LogP contribution is 2.28. The molecule has 1 aliphatic rings. The molecule has 0 saturated carbocycles. The van der Waals surface area contributed by atoms with E-state index in [0.717, 1.165) is 0 Å². The van der Waals surface area contributed by atoms with Crippen molar-refractivity contribution in [3.05, 3.63) is 35.3 Å². The molecule has 2 aromatic heterocycles. The van der Waals surface area contributed by atoms with E-state index < -0.39 is 10.0 Å². The van der Waals surface area contributed by atoms with Crippen LogP contribution in [0.3, 0.4) is 0 Å². The van der Waals surface area contributed by atoms with Crippen molar-refractivity contribution >= 4 is 33.3 Å².